The fraction of sp³-hybridized carbons (Fsp3) is 0.133. The molecule has 0 radical (unpaired) electrons. The summed E-state index contributed by atoms with van der Waals surface area (Å²) in [7, 11) is 0. The molecule has 2 nitrogen and oxygen atoms in total. The predicted molar refractivity (Wildman–Crippen MR) is 85.1 cm³/mol. The highest BCUT2D eigenvalue weighted by Gasteiger charge is 2.11. The van der Waals surface area contributed by atoms with Crippen molar-refractivity contribution in [3.05, 3.63) is 58.1 Å². The lowest BCUT2D eigenvalue weighted by molar-refractivity contribution is 0.102. The van der Waals surface area contributed by atoms with Crippen LogP contribution in [0.15, 0.2) is 51.8 Å². The molecule has 2 aromatic carbocycles. The summed E-state index contributed by atoms with van der Waals surface area (Å²) in [5.74, 6) is -2.70. The van der Waals surface area contributed by atoms with E-state index < -0.39 is 5.76 Å². The first-order valence-corrected chi connectivity index (χ1v) is 7.75. The number of hydrogen-bond donors (Lipinski definition) is 1. The molecule has 0 unspecified atom stereocenters. The van der Waals surface area contributed by atoms with Crippen molar-refractivity contribution in [2.75, 3.05) is 5.32 Å². The summed E-state index contributed by atoms with van der Waals surface area (Å²) < 4.78 is 25.1. The van der Waals surface area contributed by atoms with Crippen LogP contribution in [0.5, 0.6) is 0 Å². The number of rotatable bonds is 4. The maximum Gasteiger partial charge on any atom is 0.288 e. The largest absolute Gasteiger partial charge is 0.322 e. The summed E-state index contributed by atoms with van der Waals surface area (Å²) in [5, 5.41) is 2.74. The lowest BCUT2D eigenvalue weighted by Crippen LogP contribution is -2.12. The van der Waals surface area contributed by atoms with E-state index >= 15 is 0 Å². The predicted octanol–water partition coefficient (Wildman–Crippen LogP) is 5.32. The van der Waals surface area contributed by atoms with E-state index in [0.29, 0.717) is 32.4 Å². The first kappa shape index (κ1) is 16.0. The number of carbonyl (C=O) groups excluding carboxylic acids is 1. The molecule has 0 spiro atoms. The van der Waals surface area contributed by atoms with Crippen LogP contribution in [0.25, 0.3) is 0 Å². The number of nitrogens with one attached hydrogen (secondary N) is 1. The van der Waals surface area contributed by atoms with Crippen LogP contribution in [0, 0.1) is 6.92 Å². The minimum absolute atomic E-state index is 0.250. The Bertz CT molecular complexity index is 647. The van der Waals surface area contributed by atoms with Crippen LogP contribution in [0.1, 0.15) is 15.9 Å². The van der Waals surface area contributed by atoms with Crippen molar-refractivity contribution >= 4 is 39.3 Å². The quantitative estimate of drug-likeness (QED) is 0.736. The van der Waals surface area contributed by atoms with Gasteiger partial charge in [0.25, 0.3) is 11.7 Å². The highest BCUT2D eigenvalue weighted by Crippen LogP contribution is 2.26. The lowest BCUT2D eigenvalue weighted by atomic mass is 10.1. The van der Waals surface area contributed by atoms with E-state index in [9.17, 15) is 13.6 Å². The summed E-state index contributed by atoms with van der Waals surface area (Å²) in [4.78, 5) is 12.6. The van der Waals surface area contributed by atoms with Crippen molar-refractivity contribution in [3.63, 3.8) is 0 Å². The smallest absolute Gasteiger partial charge is 0.288 e. The van der Waals surface area contributed by atoms with Gasteiger partial charge in [0, 0.05) is 15.1 Å². The Morgan fingerprint density at radius 3 is 2.48 bits per heavy atom. The third kappa shape index (κ3) is 4.54. The fourth-order valence-electron chi connectivity index (χ4n) is 1.73. The molecule has 110 valence electrons. The van der Waals surface area contributed by atoms with Crippen molar-refractivity contribution in [2.45, 2.75) is 17.6 Å². The molecule has 0 saturated carbocycles. The van der Waals surface area contributed by atoms with E-state index in [4.69, 9.17) is 0 Å². The summed E-state index contributed by atoms with van der Waals surface area (Å²) in [5.41, 5.74) is 2.07. The van der Waals surface area contributed by atoms with E-state index in [1.165, 1.54) is 0 Å². The molecule has 6 heteroatoms. The van der Waals surface area contributed by atoms with E-state index in [1.54, 1.807) is 30.3 Å². The topological polar surface area (TPSA) is 29.1 Å². The summed E-state index contributed by atoms with van der Waals surface area (Å²) >= 11 is 3.81. The number of carbonyl (C=O) groups is 1. The first-order chi connectivity index (χ1) is 9.95. The number of aryl methyl sites for hydroxylation is 1. The Balaban J connectivity index is 2.10. The minimum atomic E-state index is -2.45. The van der Waals surface area contributed by atoms with Crippen LogP contribution in [-0.4, -0.2) is 11.7 Å². The van der Waals surface area contributed by atoms with Crippen LogP contribution < -0.4 is 5.32 Å². The van der Waals surface area contributed by atoms with Gasteiger partial charge in [-0.2, -0.15) is 8.78 Å². The van der Waals surface area contributed by atoms with Gasteiger partial charge in [-0.1, -0.05) is 23.4 Å². The van der Waals surface area contributed by atoms with E-state index in [1.807, 2.05) is 19.1 Å². The maximum atomic E-state index is 12.2. The highest BCUT2D eigenvalue weighted by molar-refractivity contribution is 9.10. The van der Waals surface area contributed by atoms with Gasteiger partial charge in [-0.15, -0.1) is 0 Å². The van der Waals surface area contributed by atoms with Gasteiger partial charge >= 0.3 is 0 Å². The molecular weight excluding hydrogens is 360 g/mol. The van der Waals surface area contributed by atoms with Crippen molar-refractivity contribution in [1.29, 1.82) is 0 Å². The minimum Gasteiger partial charge on any atom is -0.322 e. The zero-order valence-corrected chi connectivity index (χ0v) is 13.5. The van der Waals surface area contributed by atoms with Gasteiger partial charge in [0.05, 0.1) is 5.56 Å². The molecular formula is C15H12BrF2NOS. The molecule has 0 atom stereocenters. The van der Waals surface area contributed by atoms with Crippen LogP contribution in [0.4, 0.5) is 14.5 Å². The molecule has 0 aromatic heterocycles. The molecule has 0 fully saturated rings. The average Bonchev–Trinajstić information content (AvgIpc) is 2.43. The monoisotopic (exact) mass is 371 g/mol. The Morgan fingerprint density at radius 1 is 1.19 bits per heavy atom. The van der Waals surface area contributed by atoms with Gasteiger partial charge in [-0.25, -0.2) is 0 Å². The van der Waals surface area contributed by atoms with Crippen LogP contribution in [-0.2, 0) is 0 Å². The van der Waals surface area contributed by atoms with Crippen LogP contribution >= 0.6 is 27.7 Å². The van der Waals surface area contributed by atoms with Gasteiger partial charge in [-0.3, -0.25) is 4.79 Å². The summed E-state index contributed by atoms with van der Waals surface area (Å²) in [6, 6.07) is 11.8. The summed E-state index contributed by atoms with van der Waals surface area (Å²) in [6.45, 7) is 1.90. The van der Waals surface area contributed by atoms with Gasteiger partial charge in [0.1, 0.15) is 0 Å². The van der Waals surface area contributed by atoms with E-state index in [-0.39, 0.29) is 5.91 Å². The molecule has 21 heavy (non-hydrogen) atoms. The van der Waals surface area contributed by atoms with Gasteiger partial charge in [-0.05, 0) is 59.3 Å². The van der Waals surface area contributed by atoms with E-state index in [2.05, 4.69) is 21.2 Å². The second-order valence-electron chi connectivity index (χ2n) is 4.34. The second-order valence-corrected chi connectivity index (χ2v) is 6.26. The Labute approximate surface area is 134 Å². The van der Waals surface area contributed by atoms with Crippen molar-refractivity contribution in [3.8, 4) is 0 Å². The zero-order valence-electron chi connectivity index (χ0n) is 11.1. The lowest BCUT2D eigenvalue weighted by Gasteiger charge is -2.08. The summed E-state index contributed by atoms with van der Waals surface area (Å²) in [6.07, 6.45) is 0. The third-order valence-corrected chi connectivity index (χ3v) is 4.12. The highest BCUT2D eigenvalue weighted by atomic mass is 79.9. The van der Waals surface area contributed by atoms with Crippen LogP contribution in [0.3, 0.4) is 0 Å². The molecule has 0 aliphatic carbocycles. The molecule has 0 heterocycles. The molecule has 0 saturated heterocycles. The molecule has 0 aliphatic heterocycles. The molecule has 2 aromatic rings. The molecule has 1 N–H and O–H groups in total. The number of benzene rings is 2. The normalized spacial score (nSPS) is 10.7. The van der Waals surface area contributed by atoms with Crippen molar-refractivity contribution in [1.82, 2.24) is 0 Å². The van der Waals surface area contributed by atoms with Gasteiger partial charge in [0.15, 0.2) is 0 Å². The number of amides is 1. The first-order valence-electron chi connectivity index (χ1n) is 6.08. The molecule has 1 amide bonds. The van der Waals surface area contributed by atoms with Crippen molar-refractivity contribution < 1.29 is 13.6 Å². The Morgan fingerprint density at radius 2 is 1.86 bits per heavy atom. The molecule has 2 rings (SSSR count). The SMILES string of the molecule is Cc1ccc(Br)c(C(=O)Nc2ccc(SC(F)F)cc2)c1. The van der Waals surface area contributed by atoms with Crippen molar-refractivity contribution in [2.24, 2.45) is 0 Å². The Kier molecular flexibility index (Phi) is 5.36. The zero-order chi connectivity index (χ0) is 15.4. The van der Waals surface area contributed by atoms with Crippen LogP contribution in [0.2, 0.25) is 0 Å². The average molecular weight is 372 g/mol. The van der Waals surface area contributed by atoms with E-state index in [0.717, 1.165) is 5.56 Å². The standard InChI is InChI=1S/C15H12BrF2NOS/c1-9-2-7-13(16)12(8-9)14(20)19-10-3-5-11(6-4-10)21-15(17)18/h2-8,15H,1H3,(H,19,20). The number of alkyl halides is 2. The number of halogens is 3. The maximum absolute atomic E-state index is 12.2. The Hall–Kier alpha value is -1.40. The number of hydrogen-bond acceptors (Lipinski definition) is 2. The van der Waals surface area contributed by atoms with Gasteiger partial charge < -0.3 is 5.32 Å². The van der Waals surface area contributed by atoms with Gasteiger partial charge in [0.2, 0.25) is 0 Å². The fourth-order valence-corrected chi connectivity index (χ4v) is 2.66. The third-order valence-electron chi connectivity index (χ3n) is 2.70. The second kappa shape index (κ2) is 7.04. The number of thioether (sulfide) groups is 1. The number of anilines is 1. The molecule has 0 aliphatic rings. The molecule has 0 bridgehead atoms.